The average molecular weight is 473 g/mol. The summed E-state index contributed by atoms with van der Waals surface area (Å²) >= 11 is 0. The van der Waals surface area contributed by atoms with Crippen LogP contribution in [0.4, 0.5) is 0 Å². The lowest BCUT2D eigenvalue weighted by Gasteiger charge is -2.50. The molecule has 3 aliphatic rings. The van der Waals surface area contributed by atoms with Crippen LogP contribution in [0.5, 0.6) is 5.75 Å². The molecular weight excluding hydrogens is 428 g/mol. The highest BCUT2D eigenvalue weighted by molar-refractivity contribution is 6.95. The summed E-state index contributed by atoms with van der Waals surface area (Å²) in [6.45, 7) is 27.4. The Morgan fingerprint density at radius 1 is 0.750 bits per heavy atom. The molecule has 3 aliphatic heterocycles. The number of hydrogen-bond donors (Lipinski definition) is 0. The second-order valence-corrected chi connectivity index (χ2v) is 23.5. The van der Waals surface area contributed by atoms with Crippen molar-refractivity contribution in [2.75, 3.05) is 0 Å². The summed E-state index contributed by atoms with van der Waals surface area (Å²) in [6.07, 6.45) is 3.99. The summed E-state index contributed by atoms with van der Waals surface area (Å²) in [5, 5.41) is 15.6. The molecule has 0 aromatic rings. The molecule has 0 bridgehead atoms. The molecule has 0 unspecified atom stereocenters. The van der Waals surface area contributed by atoms with E-state index in [-0.39, 0.29) is 11.2 Å². The quantitative estimate of drug-likeness (QED) is 0.352. The summed E-state index contributed by atoms with van der Waals surface area (Å²) in [4.78, 5) is 13.6. The average Bonchev–Trinajstić information content (AvgIpc) is 2.66. The first-order valence-corrected chi connectivity index (χ1v) is 17.0. The Morgan fingerprint density at radius 3 is 1.53 bits per heavy atom. The molecule has 0 amide bonds. The summed E-state index contributed by atoms with van der Waals surface area (Å²) in [5.74, 6) is 0.215. The van der Waals surface area contributed by atoms with Crippen LogP contribution in [0.3, 0.4) is 0 Å². The van der Waals surface area contributed by atoms with E-state index >= 15 is 0 Å². The van der Waals surface area contributed by atoms with Crippen LogP contribution < -0.4 is 25.7 Å². The van der Waals surface area contributed by atoms with Crippen molar-refractivity contribution in [3.05, 3.63) is 22.6 Å². The molecule has 0 spiro atoms. The molecule has 0 radical (unpaired) electrons. The maximum absolute atomic E-state index is 13.6. The fourth-order valence-electron chi connectivity index (χ4n) is 8.02. The summed E-state index contributed by atoms with van der Waals surface area (Å²) in [7, 11) is -4.19. The number of fused-ring (bicyclic) bond motifs is 2. The molecule has 0 aromatic heterocycles. The van der Waals surface area contributed by atoms with Crippen LogP contribution >= 0.6 is 0 Å². The van der Waals surface area contributed by atoms with Gasteiger partial charge in [-0.3, -0.25) is 4.79 Å². The smallest absolute Gasteiger partial charge is 0.312 e. The van der Waals surface area contributed by atoms with Gasteiger partial charge >= 0.3 is 5.43 Å². The molecule has 0 aromatic carbocycles. The molecule has 3 rings (SSSR count). The third-order valence-electron chi connectivity index (χ3n) is 8.95. The van der Waals surface area contributed by atoms with Crippen molar-refractivity contribution >= 4 is 26.8 Å². The first kappa shape index (κ1) is 25.2. The van der Waals surface area contributed by atoms with Crippen molar-refractivity contribution in [1.29, 1.82) is 0 Å². The monoisotopic (exact) mass is 472 g/mol. The van der Waals surface area contributed by atoms with E-state index in [1.54, 1.807) is 0 Å². The summed E-state index contributed by atoms with van der Waals surface area (Å²) < 4.78 is 4.22. The van der Waals surface area contributed by atoms with E-state index < -0.39 is 16.1 Å². The van der Waals surface area contributed by atoms with Gasteiger partial charge in [0.1, 0.15) is 13.8 Å². The second-order valence-electron chi connectivity index (χ2n) is 11.9. The van der Waals surface area contributed by atoms with Crippen LogP contribution in [0.25, 0.3) is 11.4 Å². The predicted octanol–water partition coefficient (Wildman–Crippen LogP) is 4.71. The van der Waals surface area contributed by atoms with Crippen LogP contribution in [0, 0.1) is 0 Å². The zero-order chi connectivity index (χ0) is 24.5. The molecule has 0 N–H and O–H groups in total. The van der Waals surface area contributed by atoms with Crippen LogP contribution in [0.15, 0.2) is 17.2 Å². The van der Waals surface area contributed by atoms with Crippen LogP contribution in [-0.2, 0) is 0 Å². The lowest BCUT2D eigenvalue weighted by atomic mass is 10.2. The largest absolute Gasteiger partial charge is 0.870 e. The molecule has 32 heavy (non-hydrogen) atoms. The Balaban J connectivity index is 2.34. The number of rotatable bonds is 8. The van der Waals surface area contributed by atoms with Gasteiger partial charge in [-0.1, -0.05) is 88.8 Å². The fourth-order valence-corrected chi connectivity index (χ4v) is 21.5. The molecule has 0 fully saturated rings. The number of aromatic nitrogens is 2. The van der Waals surface area contributed by atoms with E-state index in [9.17, 15) is 9.90 Å². The van der Waals surface area contributed by atoms with Gasteiger partial charge in [-0.2, -0.15) is 4.57 Å². The Bertz CT molecular complexity index is 1010. The molecule has 0 atom stereocenters. The lowest BCUT2D eigenvalue weighted by molar-refractivity contribution is -0.595. The van der Waals surface area contributed by atoms with Crippen molar-refractivity contribution in [3.8, 4) is 17.1 Å². The van der Waals surface area contributed by atoms with E-state index in [4.69, 9.17) is 0 Å². The molecule has 6 heteroatoms. The van der Waals surface area contributed by atoms with Gasteiger partial charge < -0.3 is 9.67 Å². The van der Waals surface area contributed by atoms with E-state index in [2.05, 4.69) is 92.2 Å². The van der Waals surface area contributed by atoms with Gasteiger partial charge in [0, 0.05) is 5.32 Å². The standard InChI is InChI=1S/C26H44N2O2Si2/c1-15(2)31(16(3)4,17(5)6)25-23(29)21-14-28-22(13-27(21)25)24(30)26(28)32(18(7)8,19(9)10)20(11)12/h13-20H,1-12H3. The van der Waals surface area contributed by atoms with E-state index in [1.165, 1.54) is 0 Å². The van der Waals surface area contributed by atoms with Crippen molar-refractivity contribution in [2.24, 2.45) is 0 Å². The highest BCUT2D eigenvalue weighted by Crippen LogP contribution is 2.45. The maximum atomic E-state index is 13.6. The SMILES string of the molecule is CC(C)[Si](c1c([O-])c2c[n+]3c([Si](C(C)C)(C(C)C)C(C)C)c(=O)c-3cn1-2)(C(C)C)C(C)C. The zero-order valence-corrected chi connectivity index (χ0v) is 24.3. The minimum absolute atomic E-state index is 0.215. The number of nitrogens with zero attached hydrogens (tertiary/aromatic N) is 2. The van der Waals surface area contributed by atoms with Gasteiger partial charge in [-0.15, -0.1) is 0 Å². The topological polar surface area (TPSA) is 48.9 Å². The maximum Gasteiger partial charge on any atom is 0.312 e. The zero-order valence-electron chi connectivity index (χ0n) is 22.3. The minimum atomic E-state index is -2.09. The third-order valence-corrected chi connectivity index (χ3v) is 23.0. The molecule has 3 heterocycles. The Hall–Kier alpha value is -1.41. The Morgan fingerprint density at radius 2 is 1.16 bits per heavy atom. The molecule has 178 valence electrons. The highest BCUT2D eigenvalue weighted by Gasteiger charge is 2.58. The van der Waals surface area contributed by atoms with Crippen LogP contribution in [0.2, 0.25) is 33.2 Å². The third kappa shape index (κ3) is 2.90. The van der Waals surface area contributed by atoms with Crippen molar-refractivity contribution in [3.63, 3.8) is 0 Å². The number of hydrogen-bond acceptors (Lipinski definition) is 2. The van der Waals surface area contributed by atoms with Gasteiger partial charge in [-0.05, 0) is 33.2 Å². The molecular formula is C26H44N2O2Si2. The van der Waals surface area contributed by atoms with Gasteiger partial charge in [-0.25, -0.2) is 0 Å². The normalized spacial score (nSPS) is 14.3. The van der Waals surface area contributed by atoms with Gasteiger partial charge in [0.15, 0.2) is 14.3 Å². The molecule has 4 nitrogen and oxygen atoms in total. The minimum Gasteiger partial charge on any atom is -0.870 e. The first-order chi connectivity index (χ1) is 14.7. The van der Waals surface area contributed by atoms with Crippen molar-refractivity contribution < 1.29 is 9.67 Å². The van der Waals surface area contributed by atoms with Gasteiger partial charge in [0.25, 0.3) is 5.69 Å². The van der Waals surface area contributed by atoms with Crippen molar-refractivity contribution in [1.82, 2.24) is 4.57 Å². The Kier molecular flexibility index (Phi) is 6.40. The molecule has 0 saturated heterocycles. The van der Waals surface area contributed by atoms with Gasteiger partial charge in [0.2, 0.25) is 5.32 Å². The highest BCUT2D eigenvalue weighted by atomic mass is 28.3. The lowest BCUT2D eigenvalue weighted by Crippen LogP contribution is -2.80. The first-order valence-electron chi connectivity index (χ1n) is 12.6. The van der Waals surface area contributed by atoms with E-state index in [0.717, 1.165) is 22.0 Å². The van der Waals surface area contributed by atoms with E-state index in [0.29, 0.717) is 33.2 Å². The predicted molar refractivity (Wildman–Crippen MR) is 139 cm³/mol. The molecule has 0 aliphatic carbocycles. The van der Waals surface area contributed by atoms with Crippen LogP contribution in [-0.4, -0.2) is 20.7 Å². The summed E-state index contributed by atoms with van der Waals surface area (Å²) in [6, 6.07) is 0. The van der Waals surface area contributed by atoms with Crippen LogP contribution in [0.1, 0.15) is 83.1 Å². The summed E-state index contributed by atoms with van der Waals surface area (Å²) in [5.41, 5.74) is 4.49. The molecule has 0 saturated carbocycles. The Labute approximate surface area is 197 Å². The van der Waals surface area contributed by atoms with Gasteiger partial charge in [0.05, 0.1) is 6.20 Å². The van der Waals surface area contributed by atoms with Crippen molar-refractivity contribution in [2.45, 2.75) is 116 Å². The fraction of sp³-hybridized carbons (Fsp3) is 0.692. The second kappa shape index (κ2) is 8.12. The van der Waals surface area contributed by atoms with E-state index in [1.807, 2.05) is 12.4 Å².